The van der Waals surface area contributed by atoms with E-state index in [-0.39, 0.29) is 5.91 Å². The van der Waals surface area contributed by atoms with E-state index in [4.69, 9.17) is 9.72 Å². The van der Waals surface area contributed by atoms with E-state index in [2.05, 4.69) is 15.2 Å². The average molecular weight is 292 g/mol. The van der Waals surface area contributed by atoms with Gasteiger partial charge in [0.2, 0.25) is 5.91 Å². The molecule has 0 aromatic carbocycles. The summed E-state index contributed by atoms with van der Waals surface area (Å²) in [7, 11) is 1.64. The number of fused-ring (bicyclic) bond motifs is 1. The Bertz CT molecular complexity index is 508. The maximum Gasteiger partial charge on any atom is 0.221 e. The summed E-state index contributed by atoms with van der Waals surface area (Å²) in [6.45, 7) is 3.75. The first-order valence-corrected chi connectivity index (χ1v) is 7.84. The van der Waals surface area contributed by atoms with Gasteiger partial charge in [0.25, 0.3) is 0 Å². The lowest BCUT2D eigenvalue weighted by Gasteiger charge is -2.16. The average Bonchev–Trinajstić information content (AvgIpc) is 3.27. The van der Waals surface area contributed by atoms with E-state index < -0.39 is 0 Å². The first-order valence-electron chi connectivity index (χ1n) is 7.84. The Kier molecular flexibility index (Phi) is 4.55. The molecule has 2 aliphatic rings. The van der Waals surface area contributed by atoms with Gasteiger partial charge < -0.3 is 19.9 Å². The van der Waals surface area contributed by atoms with Crippen molar-refractivity contribution in [1.82, 2.24) is 20.2 Å². The van der Waals surface area contributed by atoms with Crippen LogP contribution in [-0.2, 0) is 29.0 Å². The van der Waals surface area contributed by atoms with Gasteiger partial charge in [-0.3, -0.25) is 4.79 Å². The summed E-state index contributed by atoms with van der Waals surface area (Å²) in [5, 5.41) is 6.25. The van der Waals surface area contributed by atoms with Crippen molar-refractivity contribution in [2.75, 3.05) is 26.8 Å². The van der Waals surface area contributed by atoms with Crippen LogP contribution in [0, 0.1) is 0 Å². The van der Waals surface area contributed by atoms with Gasteiger partial charge in [0.1, 0.15) is 5.82 Å². The van der Waals surface area contributed by atoms with Gasteiger partial charge >= 0.3 is 0 Å². The SMILES string of the molecule is COCCNC(=O)CCn1c(C2CC2)nc2c1CCNC2. The van der Waals surface area contributed by atoms with Gasteiger partial charge in [0, 0.05) is 57.7 Å². The minimum absolute atomic E-state index is 0.0881. The third-order valence-electron chi connectivity index (χ3n) is 4.15. The number of carbonyl (C=O) groups is 1. The number of carbonyl (C=O) groups excluding carboxylic acids is 1. The monoisotopic (exact) mass is 292 g/mol. The van der Waals surface area contributed by atoms with Gasteiger partial charge in [0.05, 0.1) is 12.3 Å². The zero-order valence-corrected chi connectivity index (χ0v) is 12.7. The first-order chi connectivity index (χ1) is 10.3. The number of hydrogen-bond donors (Lipinski definition) is 2. The molecule has 21 heavy (non-hydrogen) atoms. The predicted molar refractivity (Wildman–Crippen MR) is 79.1 cm³/mol. The molecule has 0 atom stereocenters. The molecule has 0 unspecified atom stereocenters. The van der Waals surface area contributed by atoms with Gasteiger partial charge in [0.15, 0.2) is 0 Å². The Morgan fingerprint density at radius 1 is 1.52 bits per heavy atom. The lowest BCUT2D eigenvalue weighted by Crippen LogP contribution is -2.29. The molecule has 0 radical (unpaired) electrons. The summed E-state index contributed by atoms with van der Waals surface area (Å²) in [6, 6.07) is 0. The molecule has 0 saturated heterocycles. The molecule has 6 nitrogen and oxygen atoms in total. The number of nitrogens with one attached hydrogen (secondary N) is 2. The highest BCUT2D eigenvalue weighted by molar-refractivity contribution is 5.75. The number of aromatic nitrogens is 2. The van der Waals surface area contributed by atoms with Gasteiger partial charge in [-0.1, -0.05) is 0 Å². The lowest BCUT2D eigenvalue weighted by atomic mass is 10.2. The highest BCUT2D eigenvalue weighted by Gasteiger charge is 2.31. The second-order valence-corrected chi connectivity index (χ2v) is 5.81. The van der Waals surface area contributed by atoms with Gasteiger partial charge in [-0.2, -0.15) is 0 Å². The van der Waals surface area contributed by atoms with Crippen LogP contribution in [0.1, 0.15) is 42.4 Å². The van der Waals surface area contributed by atoms with Crippen molar-refractivity contribution in [3.8, 4) is 0 Å². The number of imidazole rings is 1. The van der Waals surface area contributed by atoms with Crippen LogP contribution in [0.2, 0.25) is 0 Å². The molecule has 116 valence electrons. The highest BCUT2D eigenvalue weighted by Crippen LogP contribution is 2.40. The molecule has 1 saturated carbocycles. The second-order valence-electron chi connectivity index (χ2n) is 5.81. The largest absolute Gasteiger partial charge is 0.383 e. The van der Waals surface area contributed by atoms with Crippen LogP contribution >= 0.6 is 0 Å². The number of rotatable bonds is 7. The van der Waals surface area contributed by atoms with Crippen LogP contribution in [0.25, 0.3) is 0 Å². The summed E-state index contributed by atoms with van der Waals surface area (Å²) in [5.41, 5.74) is 2.52. The molecular weight excluding hydrogens is 268 g/mol. The van der Waals surface area contributed by atoms with Crippen molar-refractivity contribution in [3.05, 3.63) is 17.2 Å². The molecule has 0 spiro atoms. The zero-order chi connectivity index (χ0) is 14.7. The summed E-state index contributed by atoms with van der Waals surface area (Å²) in [5.74, 6) is 1.91. The Balaban J connectivity index is 1.64. The molecule has 3 rings (SSSR count). The maximum atomic E-state index is 11.9. The van der Waals surface area contributed by atoms with E-state index in [1.807, 2.05) is 0 Å². The van der Waals surface area contributed by atoms with Crippen molar-refractivity contribution in [2.24, 2.45) is 0 Å². The molecule has 2 heterocycles. The van der Waals surface area contributed by atoms with Gasteiger partial charge in [-0.05, 0) is 12.8 Å². The quantitative estimate of drug-likeness (QED) is 0.721. The molecule has 1 aromatic heterocycles. The van der Waals surface area contributed by atoms with Crippen molar-refractivity contribution < 1.29 is 9.53 Å². The van der Waals surface area contributed by atoms with Crippen molar-refractivity contribution in [2.45, 2.75) is 44.7 Å². The zero-order valence-electron chi connectivity index (χ0n) is 12.7. The Morgan fingerprint density at radius 3 is 3.14 bits per heavy atom. The van der Waals surface area contributed by atoms with Crippen molar-refractivity contribution in [3.63, 3.8) is 0 Å². The fourth-order valence-corrected chi connectivity index (χ4v) is 2.89. The molecular formula is C15H24N4O2. The highest BCUT2D eigenvalue weighted by atomic mass is 16.5. The Labute approximate surface area is 125 Å². The molecule has 1 aliphatic carbocycles. The van der Waals surface area contributed by atoms with E-state index in [1.165, 1.54) is 30.1 Å². The molecule has 1 aliphatic heterocycles. The van der Waals surface area contributed by atoms with Crippen LogP contribution in [0.5, 0.6) is 0 Å². The Hall–Kier alpha value is -1.40. The maximum absolute atomic E-state index is 11.9. The van der Waals surface area contributed by atoms with Crippen LogP contribution in [-0.4, -0.2) is 42.3 Å². The first kappa shape index (κ1) is 14.5. The number of methoxy groups -OCH3 is 1. The minimum Gasteiger partial charge on any atom is -0.383 e. The number of amides is 1. The predicted octanol–water partition coefficient (Wildman–Crippen LogP) is 0.559. The molecule has 2 N–H and O–H groups in total. The van der Waals surface area contributed by atoms with E-state index in [9.17, 15) is 4.79 Å². The smallest absolute Gasteiger partial charge is 0.221 e. The summed E-state index contributed by atoms with van der Waals surface area (Å²) < 4.78 is 7.25. The van der Waals surface area contributed by atoms with E-state index >= 15 is 0 Å². The number of ether oxygens (including phenoxy) is 1. The van der Waals surface area contributed by atoms with E-state index in [0.717, 1.165) is 26.1 Å². The fraction of sp³-hybridized carbons (Fsp3) is 0.733. The van der Waals surface area contributed by atoms with Crippen LogP contribution in [0.4, 0.5) is 0 Å². The minimum atomic E-state index is 0.0881. The molecule has 1 fully saturated rings. The normalized spacial score (nSPS) is 17.6. The standard InChI is InChI=1S/C15H24N4O2/c1-21-9-7-17-14(20)5-8-19-13-4-6-16-10-12(13)18-15(19)11-2-3-11/h11,16H,2-10H2,1H3,(H,17,20). The van der Waals surface area contributed by atoms with Crippen molar-refractivity contribution >= 4 is 5.91 Å². The topological polar surface area (TPSA) is 68.2 Å². The number of hydrogen-bond acceptors (Lipinski definition) is 4. The lowest BCUT2D eigenvalue weighted by molar-refractivity contribution is -0.121. The third-order valence-corrected chi connectivity index (χ3v) is 4.15. The summed E-state index contributed by atoms with van der Waals surface area (Å²) in [6.07, 6.45) is 4.01. The van der Waals surface area contributed by atoms with Crippen molar-refractivity contribution in [1.29, 1.82) is 0 Å². The van der Waals surface area contributed by atoms with Gasteiger partial charge in [-0.15, -0.1) is 0 Å². The summed E-state index contributed by atoms with van der Waals surface area (Å²) in [4.78, 5) is 16.7. The molecule has 1 amide bonds. The molecule has 6 heteroatoms. The van der Waals surface area contributed by atoms with Crippen LogP contribution in [0.15, 0.2) is 0 Å². The molecule has 1 aromatic rings. The van der Waals surface area contributed by atoms with E-state index in [1.54, 1.807) is 7.11 Å². The van der Waals surface area contributed by atoms with Gasteiger partial charge in [-0.25, -0.2) is 4.98 Å². The fourth-order valence-electron chi connectivity index (χ4n) is 2.89. The van der Waals surface area contributed by atoms with Crippen LogP contribution in [0.3, 0.4) is 0 Å². The number of nitrogens with zero attached hydrogens (tertiary/aromatic N) is 2. The summed E-state index contributed by atoms with van der Waals surface area (Å²) >= 11 is 0. The van der Waals surface area contributed by atoms with Crippen LogP contribution < -0.4 is 10.6 Å². The third kappa shape index (κ3) is 3.44. The molecule has 0 bridgehead atoms. The Morgan fingerprint density at radius 2 is 2.38 bits per heavy atom. The van der Waals surface area contributed by atoms with E-state index in [0.29, 0.717) is 25.5 Å². The second kappa shape index (κ2) is 6.58.